The van der Waals surface area contributed by atoms with Crippen molar-refractivity contribution in [1.82, 2.24) is 4.90 Å². The summed E-state index contributed by atoms with van der Waals surface area (Å²) in [5.74, 6) is -1.22. The molecule has 1 amide bonds. The fourth-order valence-corrected chi connectivity index (χ4v) is 1.56. The van der Waals surface area contributed by atoms with Crippen molar-refractivity contribution in [3.63, 3.8) is 0 Å². The molecule has 0 saturated heterocycles. The molecule has 0 aromatic heterocycles. The predicted octanol–water partition coefficient (Wildman–Crippen LogP) is 2.06. The number of rotatable bonds is 6. The highest BCUT2D eigenvalue weighted by Gasteiger charge is 2.47. The molecule has 5 nitrogen and oxygen atoms in total. The van der Waals surface area contributed by atoms with E-state index in [1.54, 1.807) is 6.07 Å². The van der Waals surface area contributed by atoms with Gasteiger partial charge in [-0.2, -0.15) is 5.26 Å². The molecule has 0 unspecified atom stereocenters. The highest BCUT2D eigenvalue weighted by atomic mass is 16.2. The largest absolute Gasteiger partial charge is 0.328 e. The number of nitriles is 1. The SMILES string of the molecule is CCCCN(C(=O)C#N)C1(CCC)N=N1. The summed E-state index contributed by atoms with van der Waals surface area (Å²) in [4.78, 5) is 12.9. The summed E-state index contributed by atoms with van der Waals surface area (Å²) in [5, 5.41) is 16.5. The number of carbonyl (C=O) groups is 1. The quantitative estimate of drug-likeness (QED) is 0.627. The zero-order valence-corrected chi connectivity index (χ0v) is 9.23. The maximum Gasteiger partial charge on any atom is 0.328 e. The van der Waals surface area contributed by atoms with Crippen LogP contribution in [0.5, 0.6) is 0 Å². The molecule has 1 aliphatic heterocycles. The van der Waals surface area contributed by atoms with E-state index in [1.807, 2.05) is 13.8 Å². The average Bonchev–Trinajstić information content (AvgIpc) is 2.99. The van der Waals surface area contributed by atoms with Crippen LogP contribution in [0, 0.1) is 11.3 Å². The van der Waals surface area contributed by atoms with Crippen molar-refractivity contribution in [3.05, 3.63) is 0 Å². The first-order valence-corrected chi connectivity index (χ1v) is 5.36. The van der Waals surface area contributed by atoms with E-state index in [1.165, 1.54) is 4.90 Å². The van der Waals surface area contributed by atoms with Crippen LogP contribution in [0.4, 0.5) is 0 Å². The van der Waals surface area contributed by atoms with Crippen molar-refractivity contribution >= 4 is 5.91 Å². The van der Waals surface area contributed by atoms with Gasteiger partial charge in [-0.1, -0.05) is 20.3 Å². The Labute approximate surface area is 89.8 Å². The Balaban J connectivity index is 2.64. The van der Waals surface area contributed by atoms with Gasteiger partial charge in [-0.15, -0.1) is 10.2 Å². The standard InChI is InChI=1S/C10H16N4O/c1-3-5-7-14(9(15)8-11)10(6-4-2)12-13-10/h3-7H2,1-2H3. The van der Waals surface area contributed by atoms with Crippen molar-refractivity contribution in [3.8, 4) is 6.07 Å². The van der Waals surface area contributed by atoms with E-state index in [4.69, 9.17) is 5.26 Å². The van der Waals surface area contributed by atoms with E-state index in [-0.39, 0.29) is 0 Å². The smallest absolute Gasteiger partial charge is 0.284 e. The van der Waals surface area contributed by atoms with E-state index in [9.17, 15) is 4.79 Å². The third kappa shape index (κ3) is 2.52. The van der Waals surface area contributed by atoms with Crippen molar-refractivity contribution < 1.29 is 4.79 Å². The molecule has 1 aliphatic rings. The molecule has 0 bridgehead atoms. The summed E-state index contributed by atoms with van der Waals surface area (Å²) in [5.41, 5.74) is 0. The molecule has 1 rings (SSSR count). The molecule has 0 aromatic carbocycles. The van der Waals surface area contributed by atoms with Crippen LogP contribution in [-0.4, -0.2) is 23.1 Å². The minimum absolute atomic E-state index is 0.526. The number of hydrogen-bond acceptors (Lipinski definition) is 4. The molecule has 5 heteroatoms. The van der Waals surface area contributed by atoms with Gasteiger partial charge in [0, 0.05) is 13.0 Å². The zero-order valence-electron chi connectivity index (χ0n) is 9.23. The van der Waals surface area contributed by atoms with Gasteiger partial charge in [0.05, 0.1) is 0 Å². The summed E-state index contributed by atoms with van der Waals surface area (Å²) in [6.45, 7) is 4.62. The number of carbonyl (C=O) groups excluding carboxylic acids is 1. The maximum absolute atomic E-state index is 11.4. The first-order chi connectivity index (χ1) is 7.20. The minimum Gasteiger partial charge on any atom is -0.284 e. The van der Waals surface area contributed by atoms with Crippen LogP contribution in [0.15, 0.2) is 10.2 Å². The Bertz CT molecular complexity index is 299. The minimum atomic E-state index is -0.698. The normalized spacial score (nSPS) is 15.8. The van der Waals surface area contributed by atoms with Crippen LogP contribution in [0.3, 0.4) is 0 Å². The van der Waals surface area contributed by atoms with E-state index in [0.717, 1.165) is 19.3 Å². The summed E-state index contributed by atoms with van der Waals surface area (Å²) in [6, 6.07) is 1.65. The van der Waals surface area contributed by atoms with Gasteiger partial charge in [0.15, 0.2) is 6.07 Å². The van der Waals surface area contributed by atoms with Crippen molar-refractivity contribution in [1.29, 1.82) is 5.26 Å². The lowest BCUT2D eigenvalue weighted by molar-refractivity contribution is -0.129. The molecular weight excluding hydrogens is 192 g/mol. The Kier molecular flexibility index (Phi) is 3.78. The van der Waals surface area contributed by atoms with Crippen LogP contribution in [0.2, 0.25) is 0 Å². The second-order valence-corrected chi connectivity index (χ2v) is 3.65. The molecule has 1 heterocycles. The van der Waals surface area contributed by atoms with Crippen LogP contribution in [0.25, 0.3) is 0 Å². The molecule has 15 heavy (non-hydrogen) atoms. The summed E-state index contributed by atoms with van der Waals surface area (Å²) in [7, 11) is 0. The monoisotopic (exact) mass is 208 g/mol. The lowest BCUT2D eigenvalue weighted by Crippen LogP contribution is -2.43. The third-order valence-corrected chi connectivity index (χ3v) is 2.42. The van der Waals surface area contributed by atoms with Crippen molar-refractivity contribution in [2.45, 2.75) is 45.3 Å². The number of amides is 1. The molecule has 0 aliphatic carbocycles. The number of unbranched alkanes of at least 4 members (excludes halogenated alkanes) is 1. The third-order valence-electron chi connectivity index (χ3n) is 2.42. The molecule has 82 valence electrons. The fraction of sp³-hybridized carbons (Fsp3) is 0.800. The predicted molar refractivity (Wildman–Crippen MR) is 54.7 cm³/mol. The molecule has 0 spiro atoms. The van der Waals surface area contributed by atoms with Crippen molar-refractivity contribution in [2.24, 2.45) is 10.2 Å². The van der Waals surface area contributed by atoms with Gasteiger partial charge < -0.3 is 0 Å². The van der Waals surface area contributed by atoms with Gasteiger partial charge in [-0.3, -0.25) is 9.69 Å². The maximum atomic E-state index is 11.4. The van der Waals surface area contributed by atoms with Gasteiger partial charge in [-0.25, -0.2) is 0 Å². The molecule has 0 fully saturated rings. The second-order valence-electron chi connectivity index (χ2n) is 3.65. The van der Waals surface area contributed by atoms with Crippen LogP contribution in [0.1, 0.15) is 39.5 Å². The lowest BCUT2D eigenvalue weighted by atomic mass is 10.2. The number of nitrogens with zero attached hydrogens (tertiary/aromatic N) is 4. The highest BCUT2D eigenvalue weighted by molar-refractivity contribution is 5.91. The number of hydrogen-bond donors (Lipinski definition) is 0. The topological polar surface area (TPSA) is 68.8 Å². The molecule has 0 saturated carbocycles. The Morgan fingerprint density at radius 3 is 2.47 bits per heavy atom. The van der Waals surface area contributed by atoms with Gasteiger partial charge in [0.2, 0.25) is 0 Å². The van der Waals surface area contributed by atoms with E-state index < -0.39 is 11.7 Å². The first-order valence-electron chi connectivity index (χ1n) is 5.36. The highest BCUT2D eigenvalue weighted by Crippen LogP contribution is 2.37. The molecule has 0 aromatic rings. The molecule has 0 radical (unpaired) electrons. The van der Waals surface area contributed by atoms with Crippen molar-refractivity contribution in [2.75, 3.05) is 6.54 Å². The molecular formula is C10H16N4O. The van der Waals surface area contributed by atoms with Gasteiger partial charge in [0.1, 0.15) is 0 Å². The van der Waals surface area contributed by atoms with E-state index in [2.05, 4.69) is 10.2 Å². The van der Waals surface area contributed by atoms with E-state index >= 15 is 0 Å². The second kappa shape index (κ2) is 4.87. The van der Waals surface area contributed by atoms with E-state index in [0.29, 0.717) is 13.0 Å². The fourth-order valence-electron chi connectivity index (χ4n) is 1.56. The first kappa shape index (κ1) is 11.6. The average molecular weight is 208 g/mol. The van der Waals surface area contributed by atoms with Crippen LogP contribution in [-0.2, 0) is 4.79 Å². The van der Waals surface area contributed by atoms with Gasteiger partial charge >= 0.3 is 5.91 Å². The summed E-state index contributed by atoms with van der Waals surface area (Å²) < 4.78 is 0. The molecule has 0 atom stereocenters. The Hall–Kier alpha value is -1.44. The van der Waals surface area contributed by atoms with Crippen LogP contribution >= 0.6 is 0 Å². The zero-order chi connectivity index (χ0) is 11.3. The Morgan fingerprint density at radius 1 is 1.40 bits per heavy atom. The molecule has 0 N–H and O–H groups in total. The summed E-state index contributed by atoms with van der Waals surface area (Å²) >= 11 is 0. The van der Waals surface area contributed by atoms with Gasteiger partial charge in [0.25, 0.3) is 5.79 Å². The van der Waals surface area contributed by atoms with Gasteiger partial charge in [-0.05, 0) is 12.8 Å². The Morgan fingerprint density at radius 2 is 2.07 bits per heavy atom. The summed E-state index contributed by atoms with van der Waals surface area (Å²) in [6.07, 6.45) is 3.47. The lowest BCUT2D eigenvalue weighted by Gasteiger charge is -2.24. The van der Waals surface area contributed by atoms with Crippen LogP contribution < -0.4 is 0 Å².